The second-order valence-corrected chi connectivity index (χ2v) is 7.29. The molecule has 5 aromatic carbocycles. The maximum atomic E-state index is 9.27. The van der Waals surface area contributed by atoms with Crippen LogP contribution in [0.2, 0.25) is 0 Å². The zero-order valence-electron chi connectivity index (χ0n) is 16.1. The lowest BCUT2D eigenvalue weighted by Gasteiger charge is -2.12. The van der Waals surface area contributed by atoms with Crippen LogP contribution in [0.3, 0.4) is 0 Å². The second kappa shape index (κ2) is 7.21. The largest absolute Gasteiger partial charge is 0.192 e. The van der Waals surface area contributed by atoms with E-state index < -0.39 is 0 Å². The molecular formula is C28H16N2. The van der Waals surface area contributed by atoms with E-state index in [1.54, 1.807) is 0 Å². The molecule has 0 aliphatic heterocycles. The molecule has 0 N–H and O–H groups in total. The molecule has 0 aliphatic rings. The van der Waals surface area contributed by atoms with Gasteiger partial charge in [0.25, 0.3) is 0 Å². The zero-order valence-corrected chi connectivity index (χ0v) is 16.1. The molecule has 0 amide bonds. The van der Waals surface area contributed by atoms with Crippen molar-refractivity contribution in [1.82, 2.24) is 0 Å². The van der Waals surface area contributed by atoms with Crippen LogP contribution < -0.4 is 0 Å². The van der Waals surface area contributed by atoms with Crippen LogP contribution in [0.15, 0.2) is 97.1 Å². The fourth-order valence-corrected chi connectivity index (χ4v) is 4.07. The molecule has 0 spiro atoms. The Morgan fingerprint density at radius 3 is 1.33 bits per heavy atom. The molecule has 0 unspecified atom stereocenters. The molecule has 0 aliphatic carbocycles. The first-order chi connectivity index (χ1) is 14.8. The van der Waals surface area contributed by atoms with Gasteiger partial charge in [0.15, 0.2) is 0 Å². The molecule has 2 nitrogen and oxygen atoms in total. The van der Waals surface area contributed by atoms with Gasteiger partial charge in [0.05, 0.1) is 23.3 Å². The lowest BCUT2D eigenvalue weighted by atomic mass is 9.92. The molecule has 0 heterocycles. The summed E-state index contributed by atoms with van der Waals surface area (Å²) in [7, 11) is 0. The van der Waals surface area contributed by atoms with Crippen LogP contribution in [0.1, 0.15) is 11.1 Å². The third kappa shape index (κ3) is 2.98. The summed E-state index contributed by atoms with van der Waals surface area (Å²) in [5.74, 6) is 0. The van der Waals surface area contributed by atoms with E-state index in [0.717, 1.165) is 43.8 Å². The lowest BCUT2D eigenvalue weighted by Crippen LogP contribution is -1.86. The van der Waals surface area contributed by atoms with E-state index in [1.165, 1.54) is 0 Å². The van der Waals surface area contributed by atoms with Gasteiger partial charge < -0.3 is 0 Å². The average molecular weight is 380 g/mol. The maximum Gasteiger partial charge on any atom is 0.0991 e. The first kappa shape index (κ1) is 17.7. The summed E-state index contributed by atoms with van der Waals surface area (Å²) < 4.78 is 0. The van der Waals surface area contributed by atoms with Crippen LogP contribution in [0.4, 0.5) is 0 Å². The van der Waals surface area contributed by atoms with Crippen molar-refractivity contribution in [2.24, 2.45) is 0 Å². The molecule has 0 atom stereocenters. The van der Waals surface area contributed by atoms with Gasteiger partial charge in [-0.1, -0.05) is 60.7 Å². The van der Waals surface area contributed by atoms with E-state index in [-0.39, 0.29) is 0 Å². The number of nitriles is 2. The normalized spacial score (nSPS) is 10.6. The first-order valence-corrected chi connectivity index (χ1v) is 9.73. The van der Waals surface area contributed by atoms with Crippen molar-refractivity contribution < 1.29 is 0 Å². The number of hydrogen-bond donors (Lipinski definition) is 0. The lowest BCUT2D eigenvalue weighted by molar-refractivity contribution is 1.48. The molecule has 5 aromatic rings. The highest BCUT2D eigenvalue weighted by atomic mass is 14.2. The molecule has 0 aromatic heterocycles. The van der Waals surface area contributed by atoms with Gasteiger partial charge in [-0.25, -0.2) is 0 Å². The van der Waals surface area contributed by atoms with E-state index >= 15 is 0 Å². The summed E-state index contributed by atoms with van der Waals surface area (Å²) in [6.07, 6.45) is 0. The highest BCUT2D eigenvalue weighted by Gasteiger charge is 2.10. The molecule has 0 saturated heterocycles. The predicted octanol–water partition coefficient (Wildman–Crippen LogP) is 7.07. The number of rotatable bonds is 2. The van der Waals surface area contributed by atoms with Crippen LogP contribution in [-0.4, -0.2) is 0 Å². The quantitative estimate of drug-likeness (QED) is 0.307. The SMILES string of the molecule is N#Cc1cccc(-c2cccc3cc4c(-c5cccc(C#N)c5)cccc4cc23)c1. The smallest absolute Gasteiger partial charge is 0.0991 e. The van der Waals surface area contributed by atoms with Crippen molar-refractivity contribution in [1.29, 1.82) is 10.5 Å². The summed E-state index contributed by atoms with van der Waals surface area (Å²) in [4.78, 5) is 0. The van der Waals surface area contributed by atoms with Crippen molar-refractivity contribution in [3.8, 4) is 34.4 Å². The van der Waals surface area contributed by atoms with E-state index in [1.807, 2.05) is 48.5 Å². The number of hydrogen-bond acceptors (Lipinski definition) is 2. The molecular weight excluding hydrogens is 364 g/mol. The maximum absolute atomic E-state index is 9.27. The Morgan fingerprint density at radius 1 is 0.467 bits per heavy atom. The number of benzene rings is 5. The van der Waals surface area contributed by atoms with Crippen molar-refractivity contribution in [2.75, 3.05) is 0 Å². The molecule has 0 fully saturated rings. The monoisotopic (exact) mass is 380 g/mol. The van der Waals surface area contributed by atoms with Gasteiger partial charge in [0.1, 0.15) is 0 Å². The Bertz CT molecular complexity index is 1400. The van der Waals surface area contributed by atoms with Gasteiger partial charge in [0.2, 0.25) is 0 Å². The second-order valence-electron chi connectivity index (χ2n) is 7.29. The van der Waals surface area contributed by atoms with E-state index in [0.29, 0.717) is 11.1 Å². The zero-order chi connectivity index (χ0) is 20.5. The van der Waals surface area contributed by atoms with Crippen LogP contribution in [0, 0.1) is 22.7 Å². The third-order valence-electron chi connectivity index (χ3n) is 5.48. The molecule has 0 saturated carbocycles. The minimum Gasteiger partial charge on any atom is -0.192 e. The highest BCUT2D eigenvalue weighted by molar-refractivity contribution is 6.09. The summed E-state index contributed by atoms with van der Waals surface area (Å²) >= 11 is 0. The number of nitrogens with zero attached hydrogens (tertiary/aromatic N) is 2. The number of fused-ring (bicyclic) bond motifs is 2. The van der Waals surface area contributed by atoms with Gasteiger partial charge in [-0.15, -0.1) is 0 Å². The molecule has 0 bridgehead atoms. The molecule has 5 rings (SSSR count). The Hall–Kier alpha value is -4.40. The predicted molar refractivity (Wildman–Crippen MR) is 122 cm³/mol. The Kier molecular flexibility index (Phi) is 4.25. The fraction of sp³-hybridized carbons (Fsp3) is 0. The molecule has 30 heavy (non-hydrogen) atoms. The van der Waals surface area contributed by atoms with Crippen LogP contribution in [0.5, 0.6) is 0 Å². The Morgan fingerprint density at radius 2 is 0.900 bits per heavy atom. The summed E-state index contributed by atoms with van der Waals surface area (Å²) in [5, 5.41) is 23.1. The molecule has 0 radical (unpaired) electrons. The molecule has 138 valence electrons. The standard InChI is InChI=1S/C28H16N2/c29-17-19-5-1-7-21(13-19)25-11-3-9-23-16-28-24(15-27(23)25)10-4-12-26(28)22-8-2-6-20(14-22)18-30/h1-16H. The Balaban J connectivity index is 1.77. The van der Waals surface area contributed by atoms with Crippen molar-refractivity contribution in [3.05, 3.63) is 108 Å². The fourth-order valence-electron chi connectivity index (χ4n) is 4.07. The minimum atomic E-state index is 0.657. The van der Waals surface area contributed by atoms with Crippen LogP contribution >= 0.6 is 0 Å². The average Bonchev–Trinajstić information content (AvgIpc) is 2.82. The summed E-state index contributed by atoms with van der Waals surface area (Å²) in [6.45, 7) is 0. The highest BCUT2D eigenvalue weighted by Crippen LogP contribution is 2.36. The van der Waals surface area contributed by atoms with Crippen molar-refractivity contribution >= 4 is 21.5 Å². The van der Waals surface area contributed by atoms with E-state index in [2.05, 4.69) is 60.7 Å². The van der Waals surface area contributed by atoms with Gasteiger partial charge in [-0.3, -0.25) is 0 Å². The van der Waals surface area contributed by atoms with E-state index in [9.17, 15) is 10.5 Å². The molecule has 2 heteroatoms. The van der Waals surface area contributed by atoms with Gasteiger partial charge in [-0.05, 0) is 80.2 Å². The van der Waals surface area contributed by atoms with Crippen molar-refractivity contribution in [3.63, 3.8) is 0 Å². The summed E-state index contributed by atoms with van der Waals surface area (Å²) in [6, 6.07) is 36.9. The van der Waals surface area contributed by atoms with Gasteiger partial charge in [0, 0.05) is 0 Å². The topological polar surface area (TPSA) is 47.6 Å². The van der Waals surface area contributed by atoms with Crippen LogP contribution in [0.25, 0.3) is 43.8 Å². The summed E-state index contributed by atoms with van der Waals surface area (Å²) in [5.41, 5.74) is 5.62. The van der Waals surface area contributed by atoms with Crippen LogP contribution in [-0.2, 0) is 0 Å². The first-order valence-electron chi connectivity index (χ1n) is 9.73. The Labute approximate surface area is 174 Å². The minimum absolute atomic E-state index is 0.657. The van der Waals surface area contributed by atoms with Crippen molar-refractivity contribution in [2.45, 2.75) is 0 Å². The third-order valence-corrected chi connectivity index (χ3v) is 5.48. The van der Waals surface area contributed by atoms with E-state index in [4.69, 9.17) is 0 Å². The van der Waals surface area contributed by atoms with Gasteiger partial charge >= 0.3 is 0 Å². The van der Waals surface area contributed by atoms with Gasteiger partial charge in [-0.2, -0.15) is 10.5 Å².